The maximum atomic E-state index is 13.4. The van der Waals surface area contributed by atoms with Gasteiger partial charge in [0.2, 0.25) is 0 Å². The summed E-state index contributed by atoms with van der Waals surface area (Å²) in [6.07, 6.45) is 2.01. The zero-order valence-electron chi connectivity index (χ0n) is 32.9. The number of aliphatic hydroxyl groups excluding tert-OH is 1. The molecule has 0 aromatic carbocycles. The molecule has 2 aliphatic heterocycles. The molecule has 2 saturated heterocycles. The van der Waals surface area contributed by atoms with E-state index in [0.717, 1.165) is 19.3 Å². The second kappa shape index (κ2) is 19.5. The first-order valence-electron chi connectivity index (χ1n) is 18.6. The van der Waals surface area contributed by atoms with Gasteiger partial charge in [0.15, 0.2) is 11.9 Å². The van der Waals surface area contributed by atoms with Crippen molar-refractivity contribution in [2.24, 2.45) is 28.8 Å². The molecule has 2 heterocycles. The molecule has 2 aliphatic rings. The summed E-state index contributed by atoms with van der Waals surface area (Å²) in [5, 5.41) is 14.7. The molecule has 0 saturated carbocycles. The maximum absolute atomic E-state index is 13.4. The minimum atomic E-state index is -1.07. The van der Waals surface area contributed by atoms with Crippen LogP contribution in [0.3, 0.4) is 0 Å². The molecule has 4 unspecified atom stereocenters. The molecule has 13 nitrogen and oxygen atoms in total. The van der Waals surface area contributed by atoms with E-state index in [0.29, 0.717) is 38.8 Å². The molecular formula is C37H67N5O8. The molecule has 288 valence electrons. The third-order valence-corrected chi connectivity index (χ3v) is 11.3. The van der Waals surface area contributed by atoms with Crippen molar-refractivity contribution < 1.29 is 38.4 Å². The molecular weight excluding hydrogens is 642 g/mol. The van der Waals surface area contributed by atoms with Crippen molar-refractivity contribution in [1.29, 1.82) is 0 Å². The number of nitrogens with zero attached hydrogens (tertiary/aromatic N) is 5. The average molecular weight is 710 g/mol. The summed E-state index contributed by atoms with van der Waals surface area (Å²) in [5.74, 6) is -0.850. The number of methoxy groups -OCH3 is 1. The largest absolute Gasteiger partial charge is 0.438 e. The van der Waals surface area contributed by atoms with Crippen LogP contribution in [0.1, 0.15) is 114 Å². The van der Waals surface area contributed by atoms with Crippen molar-refractivity contribution in [3.63, 3.8) is 0 Å². The first-order chi connectivity index (χ1) is 23.4. The monoisotopic (exact) mass is 709 g/mol. The summed E-state index contributed by atoms with van der Waals surface area (Å²) in [7, 11) is 5.75. The Morgan fingerprint density at radius 1 is 1.22 bits per heavy atom. The number of hydrogen-bond acceptors (Lipinski definition) is 10. The van der Waals surface area contributed by atoms with Gasteiger partial charge in [-0.15, -0.1) is 0 Å². The Balaban J connectivity index is 2.30. The normalized spacial score (nSPS) is 29.8. The number of ether oxygens (including phenoxy) is 4. The van der Waals surface area contributed by atoms with Crippen LogP contribution < -0.4 is 0 Å². The maximum Gasteiger partial charge on any atom is 0.410 e. The van der Waals surface area contributed by atoms with E-state index in [4.69, 9.17) is 24.5 Å². The van der Waals surface area contributed by atoms with Gasteiger partial charge in [-0.3, -0.25) is 9.59 Å². The molecule has 0 spiro atoms. The molecule has 0 aliphatic carbocycles. The Morgan fingerprint density at radius 2 is 1.88 bits per heavy atom. The third-order valence-electron chi connectivity index (χ3n) is 11.3. The predicted octanol–water partition coefficient (Wildman–Crippen LogP) is 6.55. The fourth-order valence-electron chi connectivity index (χ4n) is 8.32. The molecule has 1 amide bonds. The fourth-order valence-corrected chi connectivity index (χ4v) is 8.32. The van der Waals surface area contributed by atoms with E-state index in [-0.39, 0.29) is 53.9 Å². The molecule has 50 heavy (non-hydrogen) atoms. The van der Waals surface area contributed by atoms with Gasteiger partial charge in [-0.05, 0) is 97.7 Å². The summed E-state index contributed by atoms with van der Waals surface area (Å²) in [4.78, 5) is 45.3. The molecule has 12 atom stereocenters. The minimum Gasteiger partial charge on any atom is -0.438 e. The Bertz CT molecular complexity index is 1170. The molecule has 0 aromatic heterocycles. The van der Waals surface area contributed by atoms with E-state index in [1.54, 1.807) is 12.0 Å². The van der Waals surface area contributed by atoms with Gasteiger partial charge in [-0.2, -0.15) is 0 Å². The highest BCUT2D eigenvalue weighted by Gasteiger charge is 2.56. The smallest absolute Gasteiger partial charge is 0.410 e. The summed E-state index contributed by atoms with van der Waals surface area (Å²) >= 11 is 0. The van der Waals surface area contributed by atoms with Crippen molar-refractivity contribution in [1.82, 2.24) is 9.80 Å². The molecule has 0 radical (unpaired) electrons. The van der Waals surface area contributed by atoms with Gasteiger partial charge in [-0.1, -0.05) is 46.2 Å². The van der Waals surface area contributed by atoms with E-state index >= 15 is 0 Å². The highest BCUT2D eigenvalue weighted by Crippen LogP contribution is 2.42. The zero-order chi connectivity index (χ0) is 38.0. The zero-order valence-corrected chi connectivity index (χ0v) is 32.9. The molecule has 13 heteroatoms. The molecule has 0 aromatic rings. The van der Waals surface area contributed by atoms with E-state index in [9.17, 15) is 19.5 Å². The third kappa shape index (κ3) is 11.1. The number of carbonyl (C=O) groups is 3. The van der Waals surface area contributed by atoms with Crippen molar-refractivity contribution in [2.75, 3.05) is 34.3 Å². The van der Waals surface area contributed by atoms with Crippen molar-refractivity contribution in [3.8, 4) is 0 Å². The summed E-state index contributed by atoms with van der Waals surface area (Å²) in [6.45, 7) is 18.1. The van der Waals surface area contributed by atoms with E-state index in [1.807, 2.05) is 34.6 Å². The Hall–Kier alpha value is -2.28. The number of azide groups is 1. The van der Waals surface area contributed by atoms with E-state index in [1.165, 1.54) is 6.92 Å². The fraction of sp³-hybridized carbons (Fsp3) is 0.919. The standard InChI is InChI=1S/C37H67N5O8/c1-13-31(45)37(9)32(42(35(46)50-37)19-15-14-18-39-40-38)24(3)17-16-23(2)22-36(8,47-12)33(28(7)30(44)20-25(4)43)49-34-27(6)29(41(10)11)21-26(5)48-34/h23-24,26-29,31-34,45H,13-22H2,1-12H3/t23-,24-,26?,27?,28-,29?,31+,32+,33+,34?,36+,37+/m0/s1. The van der Waals surface area contributed by atoms with Crippen LogP contribution in [-0.4, -0.2) is 115 Å². The van der Waals surface area contributed by atoms with Crippen LogP contribution in [0.15, 0.2) is 5.11 Å². The van der Waals surface area contributed by atoms with Gasteiger partial charge >= 0.3 is 6.09 Å². The second-order valence-corrected chi connectivity index (χ2v) is 15.8. The minimum absolute atomic E-state index is 0.00918. The number of aliphatic hydroxyl groups is 1. The first-order valence-corrected chi connectivity index (χ1v) is 18.6. The van der Waals surface area contributed by atoms with Crippen LogP contribution in [0, 0.1) is 23.7 Å². The quantitative estimate of drug-likeness (QED) is 0.0432. The Labute approximate surface area is 300 Å². The molecule has 0 bridgehead atoms. The van der Waals surface area contributed by atoms with Gasteiger partial charge in [0.1, 0.15) is 11.6 Å². The van der Waals surface area contributed by atoms with Gasteiger partial charge in [0, 0.05) is 43.0 Å². The molecule has 2 rings (SSSR count). The second-order valence-electron chi connectivity index (χ2n) is 15.8. The Morgan fingerprint density at radius 3 is 2.44 bits per heavy atom. The number of unbranched alkanes of at least 4 members (excludes halogenated alkanes) is 1. The van der Waals surface area contributed by atoms with Crippen LogP contribution in [-0.2, 0) is 28.5 Å². The lowest BCUT2D eigenvalue weighted by Gasteiger charge is -2.47. The number of amides is 1. The highest BCUT2D eigenvalue weighted by atomic mass is 16.7. The van der Waals surface area contributed by atoms with Crippen molar-refractivity contribution >= 4 is 17.7 Å². The van der Waals surface area contributed by atoms with Gasteiger partial charge in [0.25, 0.3) is 0 Å². The van der Waals surface area contributed by atoms with E-state index < -0.39 is 41.7 Å². The average Bonchev–Trinajstić information content (AvgIpc) is 3.31. The van der Waals surface area contributed by atoms with Crippen LogP contribution in [0.2, 0.25) is 0 Å². The van der Waals surface area contributed by atoms with E-state index in [2.05, 4.69) is 49.8 Å². The molecule has 1 N–H and O–H groups in total. The first kappa shape index (κ1) is 43.9. The van der Waals surface area contributed by atoms with Gasteiger partial charge in [-0.25, -0.2) is 4.79 Å². The summed E-state index contributed by atoms with van der Waals surface area (Å²) < 4.78 is 25.3. The van der Waals surface area contributed by atoms with Gasteiger partial charge < -0.3 is 33.9 Å². The lowest BCUT2D eigenvalue weighted by molar-refractivity contribution is -0.280. The van der Waals surface area contributed by atoms with Crippen LogP contribution in [0.5, 0.6) is 0 Å². The predicted molar refractivity (Wildman–Crippen MR) is 192 cm³/mol. The van der Waals surface area contributed by atoms with Crippen molar-refractivity contribution in [2.45, 2.75) is 162 Å². The topological polar surface area (TPSA) is 164 Å². The number of Topliss-reactive ketones (excluding diaryl/α,β-unsaturated/α-hetero) is 2. The number of hydrogen-bond donors (Lipinski definition) is 1. The van der Waals surface area contributed by atoms with Crippen molar-refractivity contribution in [3.05, 3.63) is 10.4 Å². The van der Waals surface area contributed by atoms with Gasteiger partial charge in [0.05, 0.1) is 36.4 Å². The number of cyclic esters (lactones) is 1. The lowest BCUT2D eigenvalue weighted by atomic mass is 9.76. The highest BCUT2D eigenvalue weighted by molar-refractivity contribution is 5.99. The number of rotatable bonds is 22. The van der Waals surface area contributed by atoms with Crippen LogP contribution in [0.25, 0.3) is 10.4 Å². The van der Waals surface area contributed by atoms with Crippen LogP contribution in [0.4, 0.5) is 4.79 Å². The lowest BCUT2D eigenvalue weighted by Crippen LogP contribution is -2.56. The number of carbonyl (C=O) groups excluding carboxylic acids is 3. The number of ketones is 2. The molecule has 2 fully saturated rings. The summed E-state index contributed by atoms with van der Waals surface area (Å²) in [6, 6.07) is -0.113. The Kier molecular flexibility index (Phi) is 17.1. The summed E-state index contributed by atoms with van der Waals surface area (Å²) in [5.41, 5.74) is 6.66. The van der Waals surface area contributed by atoms with Crippen LogP contribution >= 0.6 is 0 Å². The SMILES string of the molecule is CC[C@@H](O)[C@@]1(C)OC(=O)N(CCCCN=[N+]=[N-])[C@@H]1[C@@H](C)CC[C@H](C)C[C@@](C)(OC)[C@H](OC1OC(C)CC(N(C)C)C1C)[C@@H](C)C(=O)CC(C)=O.